The molecule has 2 aliphatic rings. The summed E-state index contributed by atoms with van der Waals surface area (Å²) in [5.41, 5.74) is 0. The molecule has 1 saturated heterocycles. The normalized spacial score (nSPS) is 19.6. The maximum atomic E-state index is 11.9. The van der Waals surface area contributed by atoms with Crippen molar-refractivity contribution >= 4 is 35.8 Å². The smallest absolute Gasteiger partial charge is 0.222 e. The molecule has 0 bridgehead atoms. The first-order chi connectivity index (χ1) is 13.2. The van der Waals surface area contributed by atoms with Crippen LogP contribution in [0.5, 0.6) is 0 Å². The lowest BCUT2D eigenvalue weighted by atomic mass is 10.2. The van der Waals surface area contributed by atoms with Crippen LogP contribution in [0.2, 0.25) is 0 Å². The third-order valence-corrected chi connectivity index (χ3v) is 5.32. The molecular weight excluding hydrogens is 469 g/mol. The number of nitrogens with zero attached hydrogens (tertiary/aromatic N) is 5. The Morgan fingerprint density at radius 3 is 2.86 bits per heavy atom. The Morgan fingerprint density at radius 1 is 1.21 bits per heavy atom. The second-order valence-corrected chi connectivity index (χ2v) is 7.33. The number of aryl methyl sites for hydroxylation is 1. The minimum absolute atomic E-state index is 0. The Balaban J connectivity index is 0.00000280. The second kappa shape index (κ2) is 11.6. The standard InChI is InChI=1S/C19H33N7O.HI/c1-3-18(27)25-13-10-15(14-25)22-19(20-4-2)21-11-9-17-24-23-16-8-6-5-7-12-26(16)17;/h15H,3-14H2,1-2H3,(H2,20,21,22);1H. The van der Waals surface area contributed by atoms with Gasteiger partial charge in [-0.05, 0) is 26.2 Å². The molecule has 0 spiro atoms. The molecule has 8 nitrogen and oxygen atoms in total. The summed E-state index contributed by atoms with van der Waals surface area (Å²) >= 11 is 0. The van der Waals surface area contributed by atoms with E-state index < -0.39 is 0 Å². The van der Waals surface area contributed by atoms with E-state index in [9.17, 15) is 4.79 Å². The van der Waals surface area contributed by atoms with Gasteiger partial charge in [0.25, 0.3) is 0 Å². The molecule has 1 amide bonds. The van der Waals surface area contributed by atoms with Crippen molar-refractivity contribution in [2.45, 2.75) is 71.4 Å². The highest BCUT2D eigenvalue weighted by atomic mass is 127. The van der Waals surface area contributed by atoms with Crippen molar-refractivity contribution in [1.82, 2.24) is 30.3 Å². The predicted octanol–water partition coefficient (Wildman–Crippen LogP) is 1.73. The fourth-order valence-corrected chi connectivity index (χ4v) is 3.84. The molecule has 1 atom stereocenters. The molecule has 158 valence electrons. The summed E-state index contributed by atoms with van der Waals surface area (Å²) in [6, 6.07) is 0.266. The largest absolute Gasteiger partial charge is 0.357 e. The van der Waals surface area contributed by atoms with Crippen molar-refractivity contribution in [3.63, 3.8) is 0 Å². The maximum absolute atomic E-state index is 11.9. The maximum Gasteiger partial charge on any atom is 0.222 e. The first-order valence-electron chi connectivity index (χ1n) is 10.4. The van der Waals surface area contributed by atoms with Crippen molar-refractivity contribution < 1.29 is 4.79 Å². The number of halogens is 1. The van der Waals surface area contributed by atoms with Crippen LogP contribution in [0.3, 0.4) is 0 Å². The lowest BCUT2D eigenvalue weighted by Gasteiger charge is -2.18. The van der Waals surface area contributed by atoms with Crippen LogP contribution < -0.4 is 10.6 Å². The SMILES string of the molecule is CCNC(=NCCc1nnc2n1CCCCC2)NC1CCN(C(=O)CC)C1.I. The number of aliphatic imine (C=N–C) groups is 1. The van der Waals surface area contributed by atoms with Gasteiger partial charge in [-0.1, -0.05) is 13.3 Å². The number of guanidine groups is 1. The highest BCUT2D eigenvalue weighted by Crippen LogP contribution is 2.15. The van der Waals surface area contributed by atoms with Crippen LogP contribution in [0.25, 0.3) is 0 Å². The number of nitrogens with one attached hydrogen (secondary N) is 2. The third kappa shape index (κ3) is 6.05. The molecule has 0 radical (unpaired) electrons. The number of fused-ring (bicyclic) bond motifs is 1. The third-order valence-electron chi connectivity index (χ3n) is 5.32. The summed E-state index contributed by atoms with van der Waals surface area (Å²) in [6.07, 6.45) is 7.07. The van der Waals surface area contributed by atoms with Gasteiger partial charge in [-0.2, -0.15) is 0 Å². The van der Waals surface area contributed by atoms with Crippen molar-refractivity contribution in [1.29, 1.82) is 0 Å². The summed E-state index contributed by atoms with van der Waals surface area (Å²) in [4.78, 5) is 18.5. The quantitative estimate of drug-likeness (QED) is 0.351. The molecule has 0 aromatic carbocycles. The van der Waals surface area contributed by atoms with Gasteiger partial charge in [0.15, 0.2) is 5.96 Å². The lowest BCUT2D eigenvalue weighted by Crippen LogP contribution is -2.45. The highest BCUT2D eigenvalue weighted by Gasteiger charge is 2.25. The molecule has 1 fully saturated rings. The van der Waals surface area contributed by atoms with Gasteiger partial charge in [0, 0.05) is 58.0 Å². The van der Waals surface area contributed by atoms with Crippen molar-refractivity contribution in [3.05, 3.63) is 11.6 Å². The fraction of sp³-hybridized carbons (Fsp3) is 0.789. The van der Waals surface area contributed by atoms with E-state index in [2.05, 4.69) is 32.3 Å². The van der Waals surface area contributed by atoms with Gasteiger partial charge in [0.2, 0.25) is 5.91 Å². The zero-order valence-corrected chi connectivity index (χ0v) is 19.4. The molecule has 0 saturated carbocycles. The number of amides is 1. The van der Waals surface area contributed by atoms with Gasteiger partial charge in [-0.25, -0.2) is 0 Å². The van der Waals surface area contributed by atoms with Gasteiger partial charge in [-0.3, -0.25) is 9.79 Å². The summed E-state index contributed by atoms with van der Waals surface area (Å²) in [5, 5.41) is 15.5. The second-order valence-electron chi connectivity index (χ2n) is 7.33. The minimum atomic E-state index is 0. The van der Waals surface area contributed by atoms with Crippen LogP contribution >= 0.6 is 24.0 Å². The zero-order chi connectivity index (χ0) is 19.1. The molecule has 0 aliphatic carbocycles. The van der Waals surface area contributed by atoms with E-state index >= 15 is 0 Å². The summed E-state index contributed by atoms with van der Waals surface area (Å²) in [6.45, 7) is 8.10. The number of hydrogen-bond acceptors (Lipinski definition) is 4. The molecule has 3 rings (SSSR count). The van der Waals surface area contributed by atoms with Gasteiger partial charge >= 0.3 is 0 Å². The number of aromatic nitrogens is 3. The number of rotatable bonds is 6. The minimum Gasteiger partial charge on any atom is -0.357 e. The lowest BCUT2D eigenvalue weighted by molar-refractivity contribution is -0.129. The van der Waals surface area contributed by atoms with Gasteiger partial charge in [0.05, 0.1) is 0 Å². The van der Waals surface area contributed by atoms with Crippen LogP contribution in [0.15, 0.2) is 4.99 Å². The van der Waals surface area contributed by atoms with E-state index in [1.54, 1.807) is 0 Å². The molecule has 1 aromatic rings. The van der Waals surface area contributed by atoms with Gasteiger partial charge in [-0.15, -0.1) is 34.2 Å². The molecular formula is C19H34IN7O. The van der Waals surface area contributed by atoms with Crippen LogP contribution in [0.4, 0.5) is 0 Å². The molecule has 9 heteroatoms. The van der Waals surface area contributed by atoms with Crippen molar-refractivity contribution in [2.75, 3.05) is 26.2 Å². The van der Waals surface area contributed by atoms with Gasteiger partial charge in [0.1, 0.15) is 11.6 Å². The van der Waals surface area contributed by atoms with Crippen molar-refractivity contribution in [3.8, 4) is 0 Å². The number of likely N-dealkylation sites (tertiary alicyclic amines) is 1. The Morgan fingerprint density at radius 2 is 2.07 bits per heavy atom. The molecule has 2 N–H and O–H groups in total. The Labute approximate surface area is 185 Å². The summed E-state index contributed by atoms with van der Waals surface area (Å²) in [5.74, 6) is 3.23. The monoisotopic (exact) mass is 503 g/mol. The van der Waals surface area contributed by atoms with Crippen LogP contribution in [-0.4, -0.2) is 63.8 Å². The highest BCUT2D eigenvalue weighted by molar-refractivity contribution is 14.0. The van der Waals surface area contributed by atoms with E-state index in [1.165, 1.54) is 19.3 Å². The summed E-state index contributed by atoms with van der Waals surface area (Å²) < 4.78 is 2.29. The van der Waals surface area contributed by atoms with Gasteiger partial charge < -0.3 is 20.1 Å². The molecule has 3 heterocycles. The van der Waals surface area contributed by atoms with E-state index in [-0.39, 0.29) is 35.9 Å². The average molecular weight is 503 g/mol. The van der Waals surface area contributed by atoms with Crippen LogP contribution in [0, 0.1) is 0 Å². The first-order valence-corrected chi connectivity index (χ1v) is 10.4. The van der Waals surface area contributed by atoms with E-state index in [4.69, 9.17) is 4.99 Å². The predicted molar refractivity (Wildman–Crippen MR) is 121 cm³/mol. The summed E-state index contributed by atoms with van der Waals surface area (Å²) in [7, 11) is 0. The topological polar surface area (TPSA) is 87.4 Å². The van der Waals surface area contributed by atoms with Crippen LogP contribution in [0.1, 0.15) is 57.6 Å². The number of carbonyl (C=O) groups is 1. The number of carbonyl (C=O) groups excluding carboxylic acids is 1. The molecule has 1 unspecified atom stereocenters. The Kier molecular flexibility index (Phi) is 9.46. The van der Waals surface area contributed by atoms with Crippen molar-refractivity contribution in [2.24, 2.45) is 4.99 Å². The Hall–Kier alpha value is -1.39. The molecule has 2 aliphatic heterocycles. The van der Waals surface area contributed by atoms with Crippen LogP contribution in [-0.2, 0) is 24.2 Å². The fourth-order valence-electron chi connectivity index (χ4n) is 3.84. The zero-order valence-electron chi connectivity index (χ0n) is 17.1. The first kappa shape index (κ1) is 22.9. The Bertz CT molecular complexity index is 661. The average Bonchev–Trinajstić information content (AvgIpc) is 3.22. The molecule has 1 aromatic heterocycles. The van der Waals surface area contributed by atoms with E-state index in [0.717, 1.165) is 63.0 Å². The van der Waals surface area contributed by atoms with E-state index in [0.29, 0.717) is 13.0 Å². The molecule has 28 heavy (non-hydrogen) atoms. The van der Waals surface area contributed by atoms with E-state index in [1.807, 2.05) is 11.8 Å². The number of hydrogen-bond donors (Lipinski definition) is 2.